The van der Waals surface area contributed by atoms with E-state index >= 15 is 0 Å². The molecule has 250 valence electrons. The molecule has 0 radical (unpaired) electrons. The van der Waals surface area contributed by atoms with Gasteiger partial charge in [-0.3, -0.25) is 9.59 Å². The first kappa shape index (κ1) is 35.4. The number of halogens is 3. The molecule has 2 N–H and O–H groups in total. The van der Waals surface area contributed by atoms with E-state index in [4.69, 9.17) is 25.8 Å². The van der Waals surface area contributed by atoms with Crippen molar-refractivity contribution in [1.29, 1.82) is 0 Å². The minimum atomic E-state index is -2.42. The average Bonchev–Trinajstić information content (AvgIpc) is 3.81. The number of benzene rings is 1. The van der Waals surface area contributed by atoms with Gasteiger partial charge in [0.2, 0.25) is 18.2 Å². The molecule has 3 aliphatic carbocycles. The second-order valence-corrected chi connectivity index (χ2v) is 12.6. The molecule has 4 rings (SSSR count). The Labute approximate surface area is 274 Å². The lowest BCUT2D eigenvalue weighted by Crippen LogP contribution is -2.45. The number of carbonyl (C=O) groups is 3. The van der Waals surface area contributed by atoms with Gasteiger partial charge in [-0.05, 0) is 107 Å². The topological polar surface area (TPSA) is 103 Å². The van der Waals surface area contributed by atoms with Gasteiger partial charge in [0.05, 0.1) is 24.9 Å². The van der Waals surface area contributed by atoms with E-state index < -0.39 is 36.2 Å². The van der Waals surface area contributed by atoms with Crippen LogP contribution in [0.15, 0.2) is 70.5 Å². The summed E-state index contributed by atoms with van der Waals surface area (Å²) in [7, 11) is 1.47. The number of anilines is 1. The summed E-state index contributed by atoms with van der Waals surface area (Å²) >= 11 is 6.38. The molecular weight excluding hydrogens is 618 g/mol. The maximum atomic E-state index is 13.6. The quantitative estimate of drug-likeness (QED) is 0.0902. The predicted octanol–water partition coefficient (Wildman–Crippen LogP) is 7.08. The molecule has 2 saturated carbocycles. The van der Waals surface area contributed by atoms with E-state index in [9.17, 15) is 23.2 Å². The average molecular weight is 661 g/mol. The Balaban J connectivity index is 1.56. The van der Waals surface area contributed by atoms with Crippen LogP contribution in [0.1, 0.15) is 69.7 Å². The highest BCUT2D eigenvalue weighted by Gasteiger charge is 2.50. The number of hydrogen-bond donors (Lipinski definition) is 2. The molecule has 8 nitrogen and oxygen atoms in total. The summed E-state index contributed by atoms with van der Waals surface area (Å²) in [6.07, 6.45) is 8.13. The molecule has 0 heterocycles. The van der Waals surface area contributed by atoms with Gasteiger partial charge in [-0.2, -0.15) is 0 Å². The Kier molecular flexibility index (Phi) is 12.2. The smallest absolute Gasteiger partial charge is 0.338 e. The number of amides is 2. The Morgan fingerprint density at radius 1 is 1.17 bits per heavy atom. The molecule has 2 fully saturated rings. The van der Waals surface area contributed by atoms with Crippen molar-refractivity contribution in [3.63, 3.8) is 0 Å². The first-order chi connectivity index (χ1) is 22.0. The predicted molar refractivity (Wildman–Crippen MR) is 172 cm³/mol. The van der Waals surface area contributed by atoms with Gasteiger partial charge in [-0.15, -0.1) is 0 Å². The Morgan fingerprint density at radius 2 is 1.89 bits per heavy atom. The minimum absolute atomic E-state index is 0.204. The zero-order valence-corrected chi connectivity index (χ0v) is 27.5. The second kappa shape index (κ2) is 15.9. The summed E-state index contributed by atoms with van der Waals surface area (Å²) in [6, 6.07) is 5.29. The van der Waals surface area contributed by atoms with Crippen molar-refractivity contribution >= 4 is 35.1 Å². The SMILES string of the molecule is C/C=C(OC)\C(=C/C(=O)NC(CCOC1(C)CCC1)C(=O)Nc1ccc(C(=O)OCC)cc1)C1=CC(Cl)=CCC1C1CC1C(F)F. The molecule has 11 heteroatoms. The summed E-state index contributed by atoms with van der Waals surface area (Å²) in [5.74, 6) is -2.33. The third-order valence-electron chi connectivity index (χ3n) is 8.89. The number of esters is 1. The van der Waals surface area contributed by atoms with Gasteiger partial charge >= 0.3 is 5.97 Å². The zero-order valence-electron chi connectivity index (χ0n) is 26.7. The van der Waals surface area contributed by atoms with Crippen LogP contribution in [0.4, 0.5) is 14.5 Å². The normalized spacial score (nSPS) is 23.0. The van der Waals surface area contributed by atoms with E-state index in [2.05, 4.69) is 10.6 Å². The van der Waals surface area contributed by atoms with Gasteiger partial charge in [0, 0.05) is 41.3 Å². The molecular formula is C35H43ClF2N2O6. The molecule has 3 aliphatic rings. The van der Waals surface area contributed by atoms with Crippen LogP contribution in [0.5, 0.6) is 0 Å². The van der Waals surface area contributed by atoms with Crippen LogP contribution in [0.3, 0.4) is 0 Å². The summed E-state index contributed by atoms with van der Waals surface area (Å²) in [4.78, 5) is 39.1. The highest BCUT2D eigenvalue weighted by atomic mass is 35.5. The van der Waals surface area contributed by atoms with Gasteiger partial charge in [0.1, 0.15) is 11.8 Å². The molecule has 4 unspecified atom stereocenters. The standard InChI is InChI=1S/C35H43ClF2N2O6/c1-5-30(44-4)27(25-18-22(36)10-13-24(25)26-19-28(26)32(37)38)20-31(41)40-29(14-17-46-35(3)15-7-16-35)33(42)39-23-11-8-21(9-12-23)34(43)45-6-2/h5,8-12,18,20,24,26,28-29,32H,6-7,13-17,19H2,1-4H3,(H,39,42)(H,40,41)/b27-20-,30-5+. The molecule has 4 atom stereocenters. The van der Waals surface area contributed by atoms with E-state index in [1.807, 2.05) is 6.92 Å². The molecule has 0 bridgehead atoms. The number of alkyl halides is 2. The maximum absolute atomic E-state index is 13.6. The number of methoxy groups -OCH3 is 1. The first-order valence-corrected chi connectivity index (χ1v) is 16.2. The number of hydrogen-bond acceptors (Lipinski definition) is 6. The fraction of sp³-hybridized carbons (Fsp3) is 0.514. The Hall–Kier alpha value is -3.50. The van der Waals surface area contributed by atoms with Crippen LogP contribution in [0, 0.1) is 17.8 Å². The fourth-order valence-electron chi connectivity index (χ4n) is 6.02. The van der Waals surface area contributed by atoms with Crippen molar-refractivity contribution in [2.75, 3.05) is 25.6 Å². The number of nitrogens with one attached hydrogen (secondary N) is 2. The third-order valence-corrected chi connectivity index (χ3v) is 9.15. The lowest BCUT2D eigenvalue weighted by molar-refractivity contribution is -0.125. The zero-order chi connectivity index (χ0) is 33.4. The number of ether oxygens (including phenoxy) is 3. The van der Waals surface area contributed by atoms with Crippen molar-refractivity contribution in [1.82, 2.24) is 5.32 Å². The first-order valence-electron chi connectivity index (χ1n) is 15.8. The van der Waals surface area contributed by atoms with Crippen LogP contribution in [-0.2, 0) is 23.8 Å². The van der Waals surface area contributed by atoms with E-state index in [1.165, 1.54) is 13.2 Å². The van der Waals surface area contributed by atoms with Crippen LogP contribution < -0.4 is 10.6 Å². The largest absolute Gasteiger partial charge is 0.496 e. The highest BCUT2D eigenvalue weighted by Crippen LogP contribution is 2.54. The molecule has 0 spiro atoms. The monoisotopic (exact) mass is 660 g/mol. The van der Waals surface area contributed by atoms with Crippen LogP contribution in [0.25, 0.3) is 0 Å². The van der Waals surface area contributed by atoms with E-state index in [1.54, 1.807) is 56.3 Å². The Morgan fingerprint density at radius 3 is 2.46 bits per heavy atom. The fourth-order valence-corrected chi connectivity index (χ4v) is 6.23. The van der Waals surface area contributed by atoms with Crippen LogP contribution in [-0.4, -0.2) is 56.2 Å². The second-order valence-electron chi connectivity index (χ2n) is 12.1. The van der Waals surface area contributed by atoms with Crippen molar-refractivity contribution in [2.24, 2.45) is 17.8 Å². The minimum Gasteiger partial charge on any atom is -0.496 e. The maximum Gasteiger partial charge on any atom is 0.338 e. The lowest BCUT2D eigenvalue weighted by Gasteiger charge is -2.38. The van der Waals surface area contributed by atoms with Gasteiger partial charge in [0.15, 0.2) is 0 Å². The van der Waals surface area contributed by atoms with Crippen molar-refractivity contribution < 1.29 is 37.4 Å². The number of carbonyl (C=O) groups excluding carboxylic acids is 3. The van der Waals surface area contributed by atoms with Gasteiger partial charge in [0.25, 0.3) is 0 Å². The lowest BCUT2D eigenvalue weighted by atomic mass is 9.81. The van der Waals surface area contributed by atoms with Crippen molar-refractivity contribution in [3.05, 3.63) is 76.1 Å². The van der Waals surface area contributed by atoms with Crippen molar-refractivity contribution in [2.45, 2.75) is 77.4 Å². The van der Waals surface area contributed by atoms with Crippen LogP contribution >= 0.6 is 11.6 Å². The summed E-state index contributed by atoms with van der Waals surface area (Å²) in [6.45, 7) is 5.99. The summed E-state index contributed by atoms with van der Waals surface area (Å²) in [5, 5.41) is 6.08. The Bertz CT molecular complexity index is 1400. The van der Waals surface area contributed by atoms with Gasteiger partial charge < -0.3 is 24.8 Å². The summed E-state index contributed by atoms with van der Waals surface area (Å²) < 4.78 is 43.8. The molecule has 0 aromatic heterocycles. The molecule has 46 heavy (non-hydrogen) atoms. The van der Waals surface area contributed by atoms with Crippen molar-refractivity contribution in [3.8, 4) is 0 Å². The van der Waals surface area contributed by atoms with E-state index in [0.717, 1.165) is 19.3 Å². The summed E-state index contributed by atoms with van der Waals surface area (Å²) in [5.41, 5.74) is 1.61. The molecule has 1 aromatic rings. The molecule has 1 aromatic carbocycles. The van der Waals surface area contributed by atoms with E-state index in [-0.39, 0.29) is 37.1 Å². The highest BCUT2D eigenvalue weighted by molar-refractivity contribution is 6.31. The van der Waals surface area contributed by atoms with Gasteiger partial charge in [-0.25, -0.2) is 13.6 Å². The molecule has 0 aliphatic heterocycles. The molecule has 0 saturated heterocycles. The number of rotatable bonds is 15. The number of allylic oxidation sites excluding steroid dienone is 5. The van der Waals surface area contributed by atoms with Gasteiger partial charge in [-0.1, -0.05) is 17.7 Å². The third kappa shape index (κ3) is 9.06. The van der Waals surface area contributed by atoms with E-state index in [0.29, 0.717) is 46.0 Å². The molecule has 2 amide bonds. The van der Waals surface area contributed by atoms with Crippen LogP contribution in [0.2, 0.25) is 0 Å².